The van der Waals surface area contributed by atoms with E-state index in [0.29, 0.717) is 5.25 Å². The first-order valence-corrected chi connectivity index (χ1v) is 7.13. The summed E-state index contributed by atoms with van der Waals surface area (Å²) in [6.07, 6.45) is 4.77. The zero-order valence-electron chi connectivity index (χ0n) is 10.4. The number of thioether (sulfide) groups is 1. The van der Waals surface area contributed by atoms with Gasteiger partial charge in [-0.05, 0) is 49.8 Å². The molecule has 0 aromatic heterocycles. The van der Waals surface area contributed by atoms with E-state index in [1.165, 1.54) is 25.0 Å². The second-order valence-corrected chi connectivity index (χ2v) is 6.32. The lowest BCUT2D eigenvalue weighted by molar-refractivity contribution is 0.0691. The lowest BCUT2D eigenvalue weighted by Crippen LogP contribution is -2.14. The van der Waals surface area contributed by atoms with E-state index in [1.807, 2.05) is 0 Å². The maximum Gasteiger partial charge on any atom is 0.338 e. The fourth-order valence-corrected chi connectivity index (χ4v) is 3.51. The molecule has 1 aliphatic carbocycles. The molecule has 1 aromatic carbocycles. The predicted molar refractivity (Wildman–Crippen MR) is 70.6 cm³/mol. The Hall–Kier alpha value is -1.03. The van der Waals surface area contributed by atoms with Gasteiger partial charge in [0.25, 0.3) is 0 Å². The van der Waals surface area contributed by atoms with Crippen LogP contribution < -0.4 is 0 Å². The summed E-state index contributed by atoms with van der Waals surface area (Å²) in [5.41, 5.74) is -0.232. The number of carboxylic acid groups (broad SMARTS) is 1. The monoisotopic (exact) mass is 268 g/mol. The molecule has 1 aromatic rings. The third kappa shape index (κ3) is 3.25. The summed E-state index contributed by atoms with van der Waals surface area (Å²) < 4.78 is 13.3. The zero-order valence-corrected chi connectivity index (χ0v) is 11.2. The number of hydrogen-bond donors (Lipinski definition) is 1. The second-order valence-electron chi connectivity index (χ2n) is 4.95. The van der Waals surface area contributed by atoms with E-state index in [9.17, 15) is 9.18 Å². The van der Waals surface area contributed by atoms with Crippen molar-refractivity contribution in [3.63, 3.8) is 0 Å². The molecule has 0 unspecified atom stereocenters. The smallest absolute Gasteiger partial charge is 0.338 e. The van der Waals surface area contributed by atoms with Gasteiger partial charge in [-0.1, -0.05) is 6.92 Å². The van der Waals surface area contributed by atoms with Gasteiger partial charge in [-0.3, -0.25) is 0 Å². The van der Waals surface area contributed by atoms with Gasteiger partial charge in [0.15, 0.2) is 0 Å². The van der Waals surface area contributed by atoms with Crippen LogP contribution in [0.25, 0.3) is 0 Å². The van der Waals surface area contributed by atoms with Crippen molar-refractivity contribution < 1.29 is 14.3 Å². The fourth-order valence-electron chi connectivity index (χ4n) is 2.28. The van der Waals surface area contributed by atoms with Gasteiger partial charge in [0, 0.05) is 10.1 Å². The van der Waals surface area contributed by atoms with E-state index in [0.717, 1.165) is 23.7 Å². The largest absolute Gasteiger partial charge is 0.478 e. The number of halogens is 1. The molecule has 0 spiro atoms. The van der Waals surface area contributed by atoms with Crippen LogP contribution in [-0.2, 0) is 0 Å². The molecule has 0 heterocycles. The van der Waals surface area contributed by atoms with Crippen molar-refractivity contribution in [3.8, 4) is 0 Å². The van der Waals surface area contributed by atoms with Crippen molar-refractivity contribution in [3.05, 3.63) is 29.6 Å². The zero-order chi connectivity index (χ0) is 13.1. The molecule has 1 saturated carbocycles. The van der Waals surface area contributed by atoms with Gasteiger partial charge in [-0.2, -0.15) is 0 Å². The number of rotatable bonds is 3. The maximum atomic E-state index is 13.3. The van der Waals surface area contributed by atoms with Crippen molar-refractivity contribution in [2.24, 2.45) is 5.92 Å². The quantitative estimate of drug-likeness (QED) is 0.893. The SMILES string of the molecule is CC1CCC(Sc2ccc(F)c(C(=O)O)c2)CC1. The van der Waals surface area contributed by atoms with E-state index in [2.05, 4.69) is 6.92 Å². The highest BCUT2D eigenvalue weighted by molar-refractivity contribution is 8.00. The van der Waals surface area contributed by atoms with Crippen LogP contribution in [0.1, 0.15) is 43.0 Å². The Morgan fingerprint density at radius 3 is 2.61 bits per heavy atom. The van der Waals surface area contributed by atoms with Gasteiger partial charge < -0.3 is 5.11 Å². The van der Waals surface area contributed by atoms with E-state index in [4.69, 9.17) is 5.11 Å². The van der Waals surface area contributed by atoms with Gasteiger partial charge in [0.2, 0.25) is 0 Å². The maximum absolute atomic E-state index is 13.3. The molecule has 18 heavy (non-hydrogen) atoms. The minimum Gasteiger partial charge on any atom is -0.478 e. The van der Waals surface area contributed by atoms with Crippen LogP contribution in [0, 0.1) is 11.7 Å². The molecule has 98 valence electrons. The molecule has 0 amide bonds. The molecule has 0 aliphatic heterocycles. The van der Waals surface area contributed by atoms with Gasteiger partial charge >= 0.3 is 5.97 Å². The third-order valence-corrected chi connectivity index (χ3v) is 4.76. The van der Waals surface area contributed by atoms with Gasteiger partial charge in [-0.25, -0.2) is 9.18 Å². The number of aromatic carboxylic acids is 1. The minimum absolute atomic E-state index is 0.232. The van der Waals surface area contributed by atoms with Crippen LogP contribution in [0.3, 0.4) is 0 Å². The summed E-state index contributed by atoms with van der Waals surface area (Å²) in [6, 6.07) is 4.36. The van der Waals surface area contributed by atoms with Crippen LogP contribution in [-0.4, -0.2) is 16.3 Å². The van der Waals surface area contributed by atoms with E-state index in [-0.39, 0.29) is 5.56 Å². The lowest BCUT2D eigenvalue weighted by Gasteiger charge is -2.25. The predicted octanol–water partition coefficient (Wildman–Crippen LogP) is 4.19. The summed E-state index contributed by atoms with van der Waals surface area (Å²) in [4.78, 5) is 11.7. The Balaban J connectivity index is 2.05. The van der Waals surface area contributed by atoms with Crippen LogP contribution in [0.5, 0.6) is 0 Å². The van der Waals surface area contributed by atoms with Crippen LogP contribution in [0.4, 0.5) is 4.39 Å². The van der Waals surface area contributed by atoms with Gasteiger partial charge in [-0.15, -0.1) is 11.8 Å². The van der Waals surface area contributed by atoms with Crippen molar-refractivity contribution in [2.45, 2.75) is 42.8 Å². The molecular weight excluding hydrogens is 251 g/mol. The molecule has 2 nitrogen and oxygen atoms in total. The first-order valence-electron chi connectivity index (χ1n) is 6.25. The molecule has 0 radical (unpaired) electrons. The van der Waals surface area contributed by atoms with E-state index >= 15 is 0 Å². The molecule has 0 atom stereocenters. The van der Waals surface area contributed by atoms with Crippen molar-refractivity contribution in [1.82, 2.24) is 0 Å². The number of carboxylic acids is 1. The van der Waals surface area contributed by atoms with Crippen LogP contribution in [0.15, 0.2) is 23.1 Å². The van der Waals surface area contributed by atoms with Gasteiger partial charge in [0.05, 0.1) is 5.56 Å². The summed E-state index contributed by atoms with van der Waals surface area (Å²) >= 11 is 1.68. The van der Waals surface area contributed by atoms with Crippen LogP contribution >= 0.6 is 11.8 Å². The Kier molecular flexibility index (Phi) is 4.27. The summed E-state index contributed by atoms with van der Waals surface area (Å²) in [7, 11) is 0. The summed E-state index contributed by atoms with van der Waals surface area (Å²) in [6.45, 7) is 2.27. The van der Waals surface area contributed by atoms with E-state index in [1.54, 1.807) is 17.8 Å². The fraction of sp³-hybridized carbons (Fsp3) is 0.500. The molecular formula is C14H17FO2S. The number of hydrogen-bond acceptors (Lipinski definition) is 2. The number of benzene rings is 1. The van der Waals surface area contributed by atoms with Gasteiger partial charge in [0.1, 0.15) is 5.82 Å². The lowest BCUT2D eigenvalue weighted by atomic mass is 9.91. The second kappa shape index (κ2) is 5.74. The van der Waals surface area contributed by atoms with Crippen molar-refractivity contribution in [1.29, 1.82) is 0 Å². The normalized spacial score (nSPS) is 23.9. The first kappa shape index (κ1) is 13.4. The van der Waals surface area contributed by atoms with Crippen molar-refractivity contribution in [2.75, 3.05) is 0 Å². The highest BCUT2D eigenvalue weighted by atomic mass is 32.2. The molecule has 1 aliphatic rings. The van der Waals surface area contributed by atoms with Crippen LogP contribution in [0.2, 0.25) is 0 Å². The summed E-state index contributed by atoms with van der Waals surface area (Å²) in [5, 5.41) is 9.42. The Morgan fingerprint density at radius 1 is 1.33 bits per heavy atom. The molecule has 2 rings (SSSR count). The highest BCUT2D eigenvalue weighted by Gasteiger charge is 2.20. The Bertz CT molecular complexity index is 439. The number of carbonyl (C=O) groups is 1. The molecule has 1 N–H and O–H groups in total. The van der Waals surface area contributed by atoms with Crippen molar-refractivity contribution >= 4 is 17.7 Å². The molecule has 0 bridgehead atoms. The molecule has 0 saturated heterocycles. The van der Waals surface area contributed by atoms with E-state index < -0.39 is 11.8 Å². The topological polar surface area (TPSA) is 37.3 Å². The Labute approximate surface area is 111 Å². The molecule has 4 heteroatoms. The average Bonchev–Trinajstić information content (AvgIpc) is 2.34. The Morgan fingerprint density at radius 2 is 2.00 bits per heavy atom. The highest BCUT2D eigenvalue weighted by Crippen LogP contribution is 2.36. The average molecular weight is 268 g/mol. The summed E-state index contributed by atoms with van der Waals surface area (Å²) in [5.74, 6) is -1.07. The standard InChI is InChI=1S/C14H17FO2S/c1-9-2-4-10(5-3-9)18-11-6-7-13(15)12(8-11)14(16)17/h6-10H,2-5H2,1H3,(H,16,17). The minimum atomic E-state index is -1.20. The first-order chi connectivity index (χ1) is 8.56. The third-order valence-electron chi connectivity index (χ3n) is 3.43. The molecule has 1 fully saturated rings.